The predicted molar refractivity (Wildman–Crippen MR) is 119 cm³/mol. The van der Waals surface area contributed by atoms with Gasteiger partial charge in [0.05, 0.1) is 5.02 Å². The Hall–Kier alpha value is -2.48. The van der Waals surface area contributed by atoms with Gasteiger partial charge in [-0.25, -0.2) is 4.98 Å². The highest BCUT2D eigenvalue weighted by Crippen LogP contribution is 2.30. The summed E-state index contributed by atoms with van der Waals surface area (Å²) >= 11 is 9.42. The number of anilines is 2. The van der Waals surface area contributed by atoms with Gasteiger partial charge in [-0.2, -0.15) is 0 Å². The van der Waals surface area contributed by atoms with E-state index in [-0.39, 0.29) is 5.91 Å². The summed E-state index contributed by atoms with van der Waals surface area (Å²) in [6.07, 6.45) is 1.76. The molecular weight excluding hydrogens is 412 g/mol. The monoisotopic (exact) mass is 428 g/mol. The lowest BCUT2D eigenvalue weighted by atomic mass is 10.2. The number of aryl methyl sites for hydroxylation is 2. The molecule has 0 aliphatic rings. The summed E-state index contributed by atoms with van der Waals surface area (Å²) in [5.41, 5.74) is 3.22. The molecule has 8 heteroatoms. The average Bonchev–Trinajstić information content (AvgIpc) is 3.32. The first-order valence-corrected chi connectivity index (χ1v) is 10.6. The molecule has 0 saturated heterocycles. The smallest absolute Gasteiger partial charge is 0.272 e. The lowest BCUT2D eigenvalue weighted by Gasteiger charge is -2.08. The largest absolute Gasteiger partial charge is 0.340 e. The third kappa shape index (κ3) is 3.73. The zero-order valence-corrected chi connectivity index (χ0v) is 17.6. The van der Waals surface area contributed by atoms with Gasteiger partial charge in [0.1, 0.15) is 5.69 Å². The van der Waals surface area contributed by atoms with Crippen LogP contribution >= 0.6 is 34.9 Å². The van der Waals surface area contributed by atoms with Crippen molar-refractivity contribution in [1.29, 1.82) is 0 Å². The summed E-state index contributed by atoms with van der Waals surface area (Å²) in [5, 5.41) is 7.29. The highest BCUT2D eigenvalue weighted by atomic mass is 35.5. The number of nitrogens with zero attached hydrogens (tertiary/aromatic N) is 2. The Labute approximate surface area is 175 Å². The second-order valence-corrected chi connectivity index (χ2v) is 8.39. The molecule has 4 aromatic rings. The molecule has 0 aliphatic carbocycles. The molecule has 2 heterocycles. The molecule has 0 radical (unpaired) electrons. The Kier molecular flexibility index (Phi) is 5.30. The highest BCUT2D eigenvalue weighted by Gasteiger charge is 2.16. The molecule has 2 aromatic carbocycles. The Morgan fingerprint density at radius 3 is 2.71 bits per heavy atom. The van der Waals surface area contributed by atoms with Gasteiger partial charge < -0.3 is 14.6 Å². The van der Waals surface area contributed by atoms with E-state index in [9.17, 15) is 4.79 Å². The van der Waals surface area contributed by atoms with Crippen LogP contribution < -0.4 is 10.0 Å². The van der Waals surface area contributed by atoms with Gasteiger partial charge in [0.2, 0.25) is 0 Å². The minimum Gasteiger partial charge on any atom is -0.340 e. The van der Waals surface area contributed by atoms with Crippen molar-refractivity contribution in [3.8, 4) is 0 Å². The molecule has 0 bridgehead atoms. The molecule has 0 aliphatic heterocycles. The fraction of sp³-hybridized carbons (Fsp3) is 0.100. The average molecular weight is 429 g/mol. The molecule has 4 rings (SSSR count). The maximum Gasteiger partial charge on any atom is 0.272 e. The first-order valence-electron chi connectivity index (χ1n) is 8.51. The SMILES string of the molecule is Cc1ccc2c(cc(C(=O)Nc3ccc(SNc4nccs4)cc3)n2C)c1Cl. The van der Waals surface area contributed by atoms with E-state index in [4.69, 9.17) is 11.6 Å². The summed E-state index contributed by atoms with van der Waals surface area (Å²) in [4.78, 5) is 18.0. The zero-order valence-electron chi connectivity index (χ0n) is 15.2. The molecule has 2 N–H and O–H groups in total. The van der Waals surface area contributed by atoms with Crippen molar-refractivity contribution in [2.45, 2.75) is 11.8 Å². The van der Waals surface area contributed by atoms with Crippen LogP contribution in [0.2, 0.25) is 5.02 Å². The lowest BCUT2D eigenvalue weighted by Crippen LogP contribution is -2.15. The molecule has 2 aromatic heterocycles. The maximum atomic E-state index is 12.8. The number of thiazole rings is 1. The molecule has 5 nitrogen and oxygen atoms in total. The molecule has 28 heavy (non-hydrogen) atoms. The molecule has 0 fully saturated rings. The number of carbonyl (C=O) groups is 1. The van der Waals surface area contributed by atoms with E-state index in [1.54, 1.807) is 17.5 Å². The van der Waals surface area contributed by atoms with Gasteiger partial charge in [-0.15, -0.1) is 11.3 Å². The van der Waals surface area contributed by atoms with Gasteiger partial charge in [0, 0.05) is 40.1 Å². The fourth-order valence-electron chi connectivity index (χ4n) is 2.88. The molecule has 1 amide bonds. The Morgan fingerprint density at radius 1 is 1.21 bits per heavy atom. The normalized spacial score (nSPS) is 11.0. The van der Waals surface area contributed by atoms with Crippen LogP contribution in [0, 0.1) is 6.92 Å². The number of halogens is 1. The molecule has 0 atom stereocenters. The van der Waals surface area contributed by atoms with Gasteiger partial charge in [0.25, 0.3) is 5.91 Å². The van der Waals surface area contributed by atoms with E-state index in [1.807, 2.05) is 66.4 Å². The number of amides is 1. The summed E-state index contributed by atoms with van der Waals surface area (Å²) < 4.78 is 5.04. The van der Waals surface area contributed by atoms with Crippen LogP contribution in [0.15, 0.2) is 58.9 Å². The summed E-state index contributed by atoms with van der Waals surface area (Å²) in [6.45, 7) is 1.96. The first kappa shape index (κ1) is 18.9. The minimum atomic E-state index is -0.172. The quantitative estimate of drug-likeness (QED) is 0.384. The van der Waals surface area contributed by atoms with Crippen molar-refractivity contribution < 1.29 is 4.79 Å². The van der Waals surface area contributed by atoms with E-state index in [2.05, 4.69) is 15.0 Å². The van der Waals surface area contributed by atoms with E-state index in [0.29, 0.717) is 10.7 Å². The summed E-state index contributed by atoms with van der Waals surface area (Å²) in [5.74, 6) is -0.172. The number of hydrogen-bond donors (Lipinski definition) is 2. The van der Waals surface area contributed by atoms with Crippen LogP contribution in [0.25, 0.3) is 10.9 Å². The van der Waals surface area contributed by atoms with Gasteiger partial charge in [-0.05, 0) is 60.8 Å². The lowest BCUT2D eigenvalue weighted by molar-refractivity contribution is 0.102. The Morgan fingerprint density at radius 2 is 2.00 bits per heavy atom. The number of carbonyl (C=O) groups excluding carboxylic acids is 1. The number of nitrogens with one attached hydrogen (secondary N) is 2. The zero-order chi connectivity index (χ0) is 19.7. The second kappa shape index (κ2) is 7.87. The maximum absolute atomic E-state index is 12.8. The number of rotatable bonds is 5. The fourth-order valence-corrected chi connectivity index (χ4v) is 4.31. The predicted octanol–water partition coefficient (Wildman–Crippen LogP) is 5.97. The second-order valence-electron chi connectivity index (χ2n) is 6.24. The van der Waals surface area contributed by atoms with Gasteiger partial charge in [-0.1, -0.05) is 17.7 Å². The van der Waals surface area contributed by atoms with Crippen molar-refractivity contribution in [1.82, 2.24) is 9.55 Å². The van der Waals surface area contributed by atoms with Crippen molar-refractivity contribution in [2.24, 2.45) is 7.05 Å². The number of benzene rings is 2. The summed E-state index contributed by atoms with van der Waals surface area (Å²) in [7, 11) is 1.87. The van der Waals surface area contributed by atoms with E-state index in [1.165, 1.54) is 11.9 Å². The molecule has 0 saturated carbocycles. The Bertz CT molecular complexity index is 1140. The van der Waals surface area contributed by atoms with E-state index >= 15 is 0 Å². The van der Waals surface area contributed by atoms with Crippen LogP contribution in [0.4, 0.5) is 10.8 Å². The number of hydrogen-bond acceptors (Lipinski definition) is 5. The third-order valence-electron chi connectivity index (χ3n) is 4.39. The molecular formula is C20H17ClN4OS2. The molecule has 142 valence electrons. The molecule has 0 spiro atoms. The van der Waals surface area contributed by atoms with Crippen molar-refractivity contribution in [2.75, 3.05) is 10.0 Å². The standard InChI is InChI=1S/C20H17ClN4OS2/c1-12-3-8-16-15(18(12)21)11-17(25(16)2)19(26)23-13-4-6-14(7-5-13)28-24-20-22-9-10-27-20/h3-11H,1-2H3,(H,22,24)(H,23,26). The van der Waals surface area contributed by atoms with Crippen LogP contribution in [-0.4, -0.2) is 15.5 Å². The van der Waals surface area contributed by atoms with Gasteiger partial charge in [-0.3, -0.25) is 4.79 Å². The van der Waals surface area contributed by atoms with E-state index in [0.717, 1.165) is 32.2 Å². The van der Waals surface area contributed by atoms with Crippen LogP contribution in [0.3, 0.4) is 0 Å². The van der Waals surface area contributed by atoms with Gasteiger partial charge >= 0.3 is 0 Å². The number of aromatic nitrogens is 2. The van der Waals surface area contributed by atoms with Gasteiger partial charge in [0.15, 0.2) is 5.13 Å². The minimum absolute atomic E-state index is 0.172. The van der Waals surface area contributed by atoms with Crippen LogP contribution in [0.1, 0.15) is 16.1 Å². The topological polar surface area (TPSA) is 59.0 Å². The van der Waals surface area contributed by atoms with Crippen LogP contribution in [0.5, 0.6) is 0 Å². The van der Waals surface area contributed by atoms with Crippen molar-refractivity contribution >= 4 is 62.5 Å². The first-order chi connectivity index (χ1) is 13.5. The third-order valence-corrected chi connectivity index (χ3v) is 6.51. The number of fused-ring (bicyclic) bond motifs is 1. The molecule has 0 unspecified atom stereocenters. The van der Waals surface area contributed by atoms with Crippen molar-refractivity contribution in [3.05, 3.63) is 70.3 Å². The van der Waals surface area contributed by atoms with E-state index < -0.39 is 0 Å². The highest BCUT2D eigenvalue weighted by molar-refractivity contribution is 8.00. The summed E-state index contributed by atoms with van der Waals surface area (Å²) in [6, 6.07) is 13.4. The van der Waals surface area contributed by atoms with Crippen LogP contribution in [-0.2, 0) is 7.05 Å². The Balaban J connectivity index is 1.48. The van der Waals surface area contributed by atoms with Crippen molar-refractivity contribution in [3.63, 3.8) is 0 Å².